The molecule has 0 bridgehead atoms. The molecule has 2 heterocycles. The van der Waals surface area contributed by atoms with E-state index in [0.717, 1.165) is 24.2 Å². The molecule has 0 radical (unpaired) electrons. The van der Waals surface area contributed by atoms with E-state index in [4.69, 9.17) is 0 Å². The highest BCUT2D eigenvalue weighted by atomic mass is 35.5. The van der Waals surface area contributed by atoms with Gasteiger partial charge < -0.3 is 16.0 Å². The van der Waals surface area contributed by atoms with Gasteiger partial charge in [-0.1, -0.05) is 6.07 Å². The number of piperazine rings is 1. The van der Waals surface area contributed by atoms with Gasteiger partial charge in [0.15, 0.2) is 11.6 Å². The number of nitrogens with one attached hydrogen (secondary N) is 3. The Labute approximate surface area is 173 Å². The summed E-state index contributed by atoms with van der Waals surface area (Å²) in [5.74, 6) is -2.87. The van der Waals surface area contributed by atoms with Crippen molar-refractivity contribution < 1.29 is 18.4 Å². The summed E-state index contributed by atoms with van der Waals surface area (Å²) in [6.07, 6.45) is 3.47. The first-order chi connectivity index (χ1) is 13.5. The predicted octanol–water partition coefficient (Wildman–Crippen LogP) is 1.48. The maximum Gasteiger partial charge on any atom is 0.243 e. The first kappa shape index (κ1) is 22.7. The van der Waals surface area contributed by atoms with Crippen LogP contribution in [0.4, 0.5) is 14.5 Å². The number of hydrogen-bond acceptors (Lipinski definition) is 5. The lowest BCUT2D eigenvalue weighted by molar-refractivity contribution is -0.125. The van der Waals surface area contributed by atoms with E-state index < -0.39 is 17.5 Å². The number of hydrogen-bond donors (Lipinski definition) is 3. The number of pyridine rings is 1. The van der Waals surface area contributed by atoms with Gasteiger partial charge >= 0.3 is 0 Å². The van der Waals surface area contributed by atoms with Gasteiger partial charge in [-0.2, -0.15) is 0 Å². The third-order valence-electron chi connectivity index (χ3n) is 4.42. The lowest BCUT2D eigenvalue weighted by Gasteiger charge is -2.35. The Morgan fingerprint density at radius 1 is 1.21 bits per heavy atom. The second kappa shape index (κ2) is 10.8. The monoisotopic (exact) mass is 425 g/mol. The van der Waals surface area contributed by atoms with Crippen LogP contribution in [0.5, 0.6) is 0 Å². The third-order valence-corrected chi connectivity index (χ3v) is 4.42. The van der Waals surface area contributed by atoms with Gasteiger partial charge in [-0.3, -0.25) is 19.5 Å². The van der Waals surface area contributed by atoms with Crippen molar-refractivity contribution in [1.29, 1.82) is 0 Å². The molecule has 1 aliphatic heterocycles. The molecular weight excluding hydrogens is 404 g/mol. The first-order valence-electron chi connectivity index (χ1n) is 8.89. The molecule has 156 valence electrons. The molecule has 29 heavy (non-hydrogen) atoms. The summed E-state index contributed by atoms with van der Waals surface area (Å²) in [6, 6.07) is 6.89. The number of anilines is 1. The van der Waals surface area contributed by atoms with Crippen molar-refractivity contribution in [2.24, 2.45) is 0 Å². The second-order valence-corrected chi connectivity index (χ2v) is 6.43. The summed E-state index contributed by atoms with van der Waals surface area (Å²) in [4.78, 5) is 30.3. The maximum atomic E-state index is 13.2. The number of aromatic nitrogens is 1. The van der Waals surface area contributed by atoms with E-state index in [-0.39, 0.29) is 43.1 Å². The minimum absolute atomic E-state index is 0. The zero-order valence-electron chi connectivity index (χ0n) is 15.5. The van der Waals surface area contributed by atoms with Crippen molar-refractivity contribution >= 4 is 29.9 Å². The Balaban J connectivity index is 0.00000300. The van der Waals surface area contributed by atoms with Gasteiger partial charge in [0.1, 0.15) is 0 Å². The summed E-state index contributed by atoms with van der Waals surface area (Å²) >= 11 is 0. The molecule has 0 saturated carbocycles. The molecule has 1 aromatic heterocycles. The molecule has 10 heteroatoms. The topological polar surface area (TPSA) is 86.4 Å². The van der Waals surface area contributed by atoms with Crippen LogP contribution in [0.3, 0.4) is 0 Å². The smallest absolute Gasteiger partial charge is 0.243 e. The van der Waals surface area contributed by atoms with E-state index in [1.54, 1.807) is 12.4 Å². The van der Waals surface area contributed by atoms with E-state index in [0.29, 0.717) is 13.1 Å². The summed E-state index contributed by atoms with van der Waals surface area (Å²) in [6.45, 7) is 2.03. The average Bonchev–Trinajstić information content (AvgIpc) is 2.70. The molecule has 3 rings (SSSR count). The molecule has 7 nitrogen and oxygen atoms in total. The van der Waals surface area contributed by atoms with Gasteiger partial charge in [0.25, 0.3) is 0 Å². The van der Waals surface area contributed by atoms with E-state index in [2.05, 4.69) is 20.9 Å². The molecule has 2 amide bonds. The van der Waals surface area contributed by atoms with Crippen LogP contribution >= 0.6 is 12.4 Å². The van der Waals surface area contributed by atoms with Crippen molar-refractivity contribution in [2.45, 2.75) is 6.04 Å². The number of benzene rings is 1. The largest absolute Gasteiger partial charge is 0.346 e. The summed E-state index contributed by atoms with van der Waals surface area (Å²) in [7, 11) is 0. The molecule has 2 aromatic rings. The SMILES string of the molecule is Cl.O=C(CN1CCNCC1c1cccnc1)NCC(=O)Nc1ccc(F)c(F)c1. The molecule has 3 N–H and O–H groups in total. The third kappa shape index (κ3) is 6.45. The highest BCUT2D eigenvalue weighted by Crippen LogP contribution is 2.20. The van der Waals surface area contributed by atoms with Gasteiger partial charge in [0, 0.05) is 49.8 Å². The maximum absolute atomic E-state index is 13.2. The number of halogens is 3. The van der Waals surface area contributed by atoms with Crippen LogP contribution in [0, 0.1) is 11.6 Å². The lowest BCUT2D eigenvalue weighted by Crippen LogP contribution is -2.50. The van der Waals surface area contributed by atoms with Crippen LogP contribution in [0.25, 0.3) is 0 Å². The number of rotatable bonds is 6. The van der Waals surface area contributed by atoms with Gasteiger partial charge in [-0.05, 0) is 23.8 Å². The van der Waals surface area contributed by atoms with Gasteiger partial charge in [-0.25, -0.2) is 8.78 Å². The Kier molecular flexibility index (Phi) is 8.44. The zero-order valence-corrected chi connectivity index (χ0v) is 16.3. The Hall–Kier alpha value is -2.62. The standard InChI is InChI=1S/C19H21F2N5O2.ClH/c20-15-4-3-14(8-16(15)21)25-18(27)11-24-19(28)12-26-7-6-23-10-17(26)13-2-1-5-22-9-13;/h1-5,8-9,17,23H,6-7,10-12H2,(H,24,28)(H,25,27);1H. The highest BCUT2D eigenvalue weighted by Gasteiger charge is 2.25. The number of nitrogens with zero attached hydrogens (tertiary/aromatic N) is 2. The fraction of sp³-hybridized carbons (Fsp3) is 0.316. The summed E-state index contributed by atoms with van der Waals surface area (Å²) in [5.41, 5.74) is 1.13. The minimum Gasteiger partial charge on any atom is -0.346 e. The Morgan fingerprint density at radius 2 is 2.03 bits per heavy atom. The van der Waals surface area contributed by atoms with Crippen LogP contribution in [-0.4, -0.2) is 54.4 Å². The fourth-order valence-electron chi connectivity index (χ4n) is 3.04. The van der Waals surface area contributed by atoms with Gasteiger partial charge in [-0.15, -0.1) is 12.4 Å². The van der Waals surface area contributed by atoms with Crippen molar-refractivity contribution in [1.82, 2.24) is 20.5 Å². The highest BCUT2D eigenvalue weighted by molar-refractivity contribution is 5.94. The van der Waals surface area contributed by atoms with Crippen LogP contribution in [0.2, 0.25) is 0 Å². The Morgan fingerprint density at radius 3 is 2.76 bits per heavy atom. The zero-order chi connectivity index (χ0) is 19.9. The average molecular weight is 426 g/mol. The van der Waals surface area contributed by atoms with Crippen molar-refractivity contribution in [2.75, 3.05) is 38.0 Å². The van der Waals surface area contributed by atoms with Crippen LogP contribution in [0.15, 0.2) is 42.7 Å². The molecule has 1 aromatic carbocycles. The minimum atomic E-state index is -1.05. The lowest BCUT2D eigenvalue weighted by atomic mass is 10.1. The summed E-state index contributed by atoms with van der Waals surface area (Å²) < 4.78 is 26.1. The molecule has 0 spiro atoms. The normalized spacial score (nSPS) is 16.6. The van der Waals surface area contributed by atoms with Crippen molar-refractivity contribution in [3.63, 3.8) is 0 Å². The van der Waals surface area contributed by atoms with Crippen molar-refractivity contribution in [3.8, 4) is 0 Å². The number of amides is 2. The van der Waals surface area contributed by atoms with Crippen LogP contribution in [0.1, 0.15) is 11.6 Å². The number of carbonyl (C=O) groups is 2. The molecular formula is C19H22ClF2N5O2. The molecule has 1 fully saturated rings. The van der Waals surface area contributed by atoms with E-state index >= 15 is 0 Å². The molecule has 1 saturated heterocycles. The molecule has 1 unspecified atom stereocenters. The Bertz CT molecular complexity index is 841. The predicted molar refractivity (Wildman–Crippen MR) is 107 cm³/mol. The van der Waals surface area contributed by atoms with E-state index in [9.17, 15) is 18.4 Å². The van der Waals surface area contributed by atoms with E-state index in [1.165, 1.54) is 6.07 Å². The summed E-state index contributed by atoms with van der Waals surface area (Å²) in [5, 5.41) is 8.26. The van der Waals surface area contributed by atoms with Gasteiger partial charge in [0.05, 0.1) is 13.1 Å². The van der Waals surface area contributed by atoms with Crippen LogP contribution in [-0.2, 0) is 9.59 Å². The second-order valence-electron chi connectivity index (χ2n) is 6.43. The molecule has 0 aliphatic carbocycles. The fourth-order valence-corrected chi connectivity index (χ4v) is 3.04. The van der Waals surface area contributed by atoms with Gasteiger partial charge in [0.2, 0.25) is 11.8 Å². The van der Waals surface area contributed by atoms with Crippen molar-refractivity contribution in [3.05, 3.63) is 59.9 Å². The quantitative estimate of drug-likeness (QED) is 0.652. The molecule has 1 atom stereocenters. The molecule has 1 aliphatic rings. The number of carbonyl (C=O) groups excluding carboxylic acids is 2. The van der Waals surface area contributed by atoms with Crippen LogP contribution < -0.4 is 16.0 Å². The van der Waals surface area contributed by atoms with E-state index in [1.807, 2.05) is 17.0 Å². The first-order valence-corrected chi connectivity index (χ1v) is 8.89.